The predicted molar refractivity (Wildman–Crippen MR) is 42.3 cm³/mol. The fraction of sp³-hybridized carbons (Fsp3) is 0.222. The first kappa shape index (κ1) is 2.25. The van der Waals surface area contributed by atoms with Gasteiger partial charge < -0.3 is 5.11 Å². The molecule has 0 aliphatic rings. The molecule has 1 aromatic rings. The van der Waals surface area contributed by atoms with E-state index in [-0.39, 0.29) is 0 Å². The third-order valence-electron chi connectivity index (χ3n) is 1.10. The molecule has 0 fully saturated rings. The highest BCUT2D eigenvalue weighted by Gasteiger charge is 2.02. The average molecular weight is 155 g/mol. The molecule has 2 heteroatoms. The van der Waals surface area contributed by atoms with E-state index in [1.54, 1.807) is 0 Å². The van der Waals surface area contributed by atoms with E-state index in [2.05, 4.69) is 0 Å². The second kappa shape index (κ2) is 2.63. The Kier molecular flexibility index (Phi) is 0.537. The van der Waals surface area contributed by atoms with Gasteiger partial charge in [-0.05, 0) is 36.9 Å². The summed E-state index contributed by atoms with van der Waals surface area (Å²) in [6.45, 7) is -5.87. The molecule has 11 heavy (non-hydrogen) atoms. The van der Waals surface area contributed by atoms with E-state index in [0.29, 0.717) is 0 Å². The Bertz CT molecular complexity index is 525. The maximum absolute atomic E-state index is 9.53. The minimum Gasteiger partial charge on any atom is -0.508 e. The zero-order valence-corrected chi connectivity index (χ0v) is 5.39. The molecule has 0 heterocycles. The van der Waals surface area contributed by atoms with Crippen LogP contribution in [0, 0.1) is 25.0 Å². The van der Waals surface area contributed by atoms with E-state index in [4.69, 9.17) is 16.2 Å². The molecule has 0 aromatic heterocycles. The van der Waals surface area contributed by atoms with Crippen molar-refractivity contribution in [3.05, 3.63) is 28.8 Å². The SMILES string of the molecule is [2H]c1c(O)c([2H])c(C([2H])([2H])[2H])c(C#N)c1C([2H])([2H])[2H]. The number of hydrogen-bond donors (Lipinski definition) is 1. The molecule has 56 valence electrons. The molecule has 0 spiro atoms. The summed E-state index contributed by atoms with van der Waals surface area (Å²) in [5.74, 6) is -1.06. The number of phenolic OH excluding ortho intramolecular Hbond substituents is 1. The van der Waals surface area contributed by atoms with Crippen LogP contribution in [-0.4, -0.2) is 5.11 Å². The summed E-state index contributed by atoms with van der Waals surface area (Å²) in [6, 6.07) is -0.428. The molecule has 1 N–H and O–H groups in total. The third-order valence-corrected chi connectivity index (χ3v) is 1.10. The van der Waals surface area contributed by atoms with Crippen molar-refractivity contribution in [2.45, 2.75) is 13.7 Å². The molecule has 0 saturated heterocycles. The molecule has 0 amide bonds. The van der Waals surface area contributed by atoms with Gasteiger partial charge in [0, 0.05) is 8.22 Å². The predicted octanol–water partition coefficient (Wildman–Crippen LogP) is 1.88. The molecule has 1 rings (SSSR count). The maximum Gasteiger partial charge on any atom is 0.116 e. The van der Waals surface area contributed by atoms with Crippen molar-refractivity contribution < 1.29 is 16.1 Å². The summed E-state index contributed by atoms with van der Waals surface area (Å²) in [5.41, 5.74) is -2.47. The average Bonchev–Trinajstić information content (AvgIpc) is 2.21. The highest BCUT2D eigenvalue weighted by atomic mass is 16.3. The number of nitriles is 1. The molecule has 0 unspecified atom stereocenters. The van der Waals surface area contributed by atoms with E-state index in [9.17, 15) is 5.11 Å². The van der Waals surface area contributed by atoms with Crippen molar-refractivity contribution >= 4 is 0 Å². The molecule has 2 nitrogen and oxygen atoms in total. The fourth-order valence-electron chi connectivity index (χ4n) is 0.630. The Morgan fingerprint density at radius 2 is 2.09 bits per heavy atom. The number of hydrogen-bond acceptors (Lipinski definition) is 2. The van der Waals surface area contributed by atoms with Crippen molar-refractivity contribution in [3.63, 3.8) is 0 Å². The highest BCUT2D eigenvalue weighted by Crippen LogP contribution is 2.19. The largest absolute Gasteiger partial charge is 0.508 e. The molecule has 1 aromatic carbocycles. The van der Waals surface area contributed by atoms with Crippen LogP contribution in [0.2, 0.25) is 0 Å². The lowest BCUT2D eigenvalue weighted by molar-refractivity contribution is 0.474. The van der Waals surface area contributed by atoms with Crippen LogP contribution in [0.4, 0.5) is 0 Å². The first-order valence-corrected chi connectivity index (χ1v) is 2.70. The zero-order chi connectivity index (χ0) is 15.2. The summed E-state index contributed by atoms with van der Waals surface area (Å²) >= 11 is 0. The zero-order valence-electron chi connectivity index (χ0n) is 13.4. The molecule has 0 radical (unpaired) electrons. The van der Waals surface area contributed by atoms with Crippen LogP contribution in [0.3, 0.4) is 0 Å². The Balaban J connectivity index is 3.98. The second-order valence-corrected chi connectivity index (χ2v) is 1.84. The summed E-state index contributed by atoms with van der Waals surface area (Å²) in [6.07, 6.45) is 0. The van der Waals surface area contributed by atoms with Gasteiger partial charge >= 0.3 is 0 Å². The van der Waals surface area contributed by atoms with Crippen LogP contribution in [0.25, 0.3) is 0 Å². The number of phenols is 1. The summed E-state index contributed by atoms with van der Waals surface area (Å²) in [4.78, 5) is 0. The summed E-state index contributed by atoms with van der Waals surface area (Å²) < 4.78 is 58.3. The minimum atomic E-state index is -2.94. The van der Waals surface area contributed by atoms with Crippen molar-refractivity contribution in [3.8, 4) is 11.8 Å². The number of benzene rings is 1. The maximum atomic E-state index is 9.53. The monoisotopic (exact) mass is 155 g/mol. The van der Waals surface area contributed by atoms with Gasteiger partial charge in [0.15, 0.2) is 0 Å². The van der Waals surface area contributed by atoms with Crippen LogP contribution < -0.4 is 0 Å². The van der Waals surface area contributed by atoms with E-state index in [1.807, 2.05) is 0 Å². The van der Waals surface area contributed by atoms with Gasteiger partial charge in [-0.2, -0.15) is 5.26 Å². The number of aromatic hydroxyl groups is 1. The molecule has 0 atom stereocenters. The Labute approximate surface area is 77.0 Å². The third kappa shape index (κ3) is 1.32. The molecular formula is C9H9NO. The Morgan fingerprint density at radius 1 is 1.55 bits per heavy atom. The lowest BCUT2D eigenvalue weighted by Gasteiger charge is -2.01. The topological polar surface area (TPSA) is 44.0 Å². The van der Waals surface area contributed by atoms with Gasteiger partial charge in [-0.1, -0.05) is 0 Å². The first-order valence-electron chi connectivity index (χ1n) is 6.70. The Hall–Kier alpha value is -1.49. The van der Waals surface area contributed by atoms with Crippen LogP contribution >= 0.6 is 0 Å². The van der Waals surface area contributed by atoms with Gasteiger partial charge in [0.05, 0.1) is 14.4 Å². The summed E-state index contributed by atoms with van der Waals surface area (Å²) in [7, 11) is 0. The van der Waals surface area contributed by atoms with Crippen LogP contribution in [0.5, 0.6) is 5.75 Å². The van der Waals surface area contributed by atoms with Crippen molar-refractivity contribution in [1.29, 1.82) is 5.26 Å². The molecule has 0 aliphatic carbocycles. The van der Waals surface area contributed by atoms with Gasteiger partial charge in [-0.15, -0.1) is 0 Å². The number of rotatable bonds is 0. The van der Waals surface area contributed by atoms with E-state index >= 15 is 0 Å². The van der Waals surface area contributed by atoms with Crippen LogP contribution in [-0.2, 0) is 0 Å². The minimum absolute atomic E-state index is 0.771. The van der Waals surface area contributed by atoms with Crippen molar-refractivity contribution in [1.82, 2.24) is 0 Å². The van der Waals surface area contributed by atoms with E-state index in [0.717, 1.165) is 0 Å². The highest BCUT2D eigenvalue weighted by molar-refractivity contribution is 5.47. The molecule has 0 saturated carbocycles. The standard InChI is InChI=1S/C9H9NO/c1-6-3-8(11)4-7(2)9(6)5-10/h3-4,11H,1-2H3/i1D3,2D3,3D,4D. The number of nitrogens with zero attached hydrogens (tertiary/aromatic N) is 1. The smallest absolute Gasteiger partial charge is 0.116 e. The first-order chi connectivity index (χ1) is 8.42. The Morgan fingerprint density at radius 3 is 2.45 bits per heavy atom. The van der Waals surface area contributed by atoms with Crippen LogP contribution in [0.15, 0.2) is 12.1 Å². The van der Waals surface area contributed by atoms with Gasteiger partial charge in [0.1, 0.15) is 5.75 Å². The normalized spacial score (nSPS) is 22.1. The lowest BCUT2D eigenvalue weighted by atomic mass is 10.0. The molecule has 0 aliphatic heterocycles. The van der Waals surface area contributed by atoms with E-state index in [1.165, 1.54) is 6.07 Å². The second-order valence-electron chi connectivity index (χ2n) is 1.84. The van der Waals surface area contributed by atoms with Gasteiger partial charge in [0.25, 0.3) is 0 Å². The van der Waals surface area contributed by atoms with Gasteiger partial charge in [-0.3, -0.25) is 0 Å². The quantitative estimate of drug-likeness (QED) is 0.621. The van der Waals surface area contributed by atoms with Crippen LogP contribution in [0.1, 0.15) is 27.7 Å². The van der Waals surface area contributed by atoms with Crippen molar-refractivity contribution in [2.24, 2.45) is 0 Å². The van der Waals surface area contributed by atoms with E-state index < -0.39 is 48.2 Å². The van der Waals surface area contributed by atoms with Gasteiger partial charge in [-0.25, -0.2) is 0 Å². The lowest BCUT2D eigenvalue weighted by Crippen LogP contribution is -1.86. The van der Waals surface area contributed by atoms with Crippen molar-refractivity contribution in [2.75, 3.05) is 0 Å². The molecule has 0 bridgehead atoms. The van der Waals surface area contributed by atoms with Gasteiger partial charge in [0.2, 0.25) is 0 Å². The molecular weight excluding hydrogens is 138 g/mol. The fourth-order valence-corrected chi connectivity index (χ4v) is 0.630. The summed E-state index contributed by atoms with van der Waals surface area (Å²) in [5, 5.41) is 18.5.